The highest BCUT2D eigenvalue weighted by molar-refractivity contribution is 7.14. The second kappa shape index (κ2) is 6.41. The van der Waals surface area contributed by atoms with Gasteiger partial charge in [-0.15, -0.1) is 11.3 Å². The number of nitrogens with one attached hydrogen (secondary N) is 1. The van der Waals surface area contributed by atoms with Crippen LogP contribution >= 0.6 is 11.3 Å². The van der Waals surface area contributed by atoms with E-state index in [-0.39, 0.29) is 5.75 Å². The van der Waals surface area contributed by atoms with E-state index in [1.54, 1.807) is 24.4 Å². The molecule has 0 amide bonds. The van der Waals surface area contributed by atoms with Gasteiger partial charge in [0, 0.05) is 10.9 Å². The number of hydrogen-bond acceptors (Lipinski definition) is 5. The van der Waals surface area contributed by atoms with E-state index in [0.717, 1.165) is 16.8 Å². The van der Waals surface area contributed by atoms with Gasteiger partial charge in [0.05, 0.1) is 11.9 Å². The summed E-state index contributed by atoms with van der Waals surface area (Å²) in [4.78, 5) is 4.45. The molecule has 0 aliphatic rings. The molecule has 0 saturated heterocycles. The van der Waals surface area contributed by atoms with Crippen LogP contribution in [0.15, 0.2) is 59.0 Å². The number of rotatable bonds is 4. The molecule has 1 heterocycles. The van der Waals surface area contributed by atoms with Crippen molar-refractivity contribution in [2.45, 2.75) is 6.92 Å². The fourth-order valence-corrected chi connectivity index (χ4v) is 2.70. The third-order valence-electron chi connectivity index (χ3n) is 3.06. The molecule has 3 aromatic rings. The Kier molecular flexibility index (Phi) is 4.16. The molecule has 110 valence electrons. The van der Waals surface area contributed by atoms with Crippen molar-refractivity contribution < 1.29 is 5.11 Å². The summed E-state index contributed by atoms with van der Waals surface area (Å²) in [5.74, 6) is 0.234. The second-order valence-electron chi connectivity index (χ2n) is 4.87. The minimum absolute atomic E-state index is 0.234. The summed E-state index contributed by atoms with van der Waals surface area (Å²) in [6.07, 6.45) is 1.77. The van der Waals surface area contributed by atoms with Crippen LogP contribution in [0.3, 0.4) is 0 Å². The standard InChI is InChI=1S/C17H15N3OS/c1-12-4-2-5-13(8-12)10-18-20-17-19-16(11-22-17)14-6-3-7-15(21)9-14/h2-11,21H,1H3,(H,19,20)/b18-10+. The Bertz CT molecular complexity index is 811. The van der Waals surface area contributed by atoms with Gasteiger partial charge in [-0.3, -0.25) is 5.43 Å². The summed E-state index contributed by atoms with van der Waals surface area (Å²) in [7, 11) is 0. The molecule has 0 saturated carbocycles. The van der Waals surface area contributed by atoms with Crippen molar-refractivity contribution in [2.24, 2.45) is 5.10 Å². The van der Waals surface area contributed by atoms with Gasteiger partial charge in [0.25, 0.3) is 0 Å². The predicted octanol–water partition coefficient (Wildman–Crippen LogP) is 4.27. The van der Waals surface area contributed by atoms with Crippen molar-refractivity contribution in [1.82, 2.24) is 4.98 Å². The molecule has 3 rings (SSSR count). The minimum Gasteiger partial charge on any atom is -0.508 e. The lowest BCUT2D eigenvalue weighted by atomic mass is 10.2. The molecule has 0 spiro atoms. The number of hydrogen-bond donors (Lipinski definition) is 2. The monoisotopic (exact) mass is 309 g/mol. The van der Waals surface area contributed by atoms with Crippen molar-refractivity contribution in [3.05, 3.63) is 65.0 Å². The first-order chi connectivity index (χ1) is 10.7. The number of anilines is 1. The smallest absolute Gasteiger partial charge is 0.203 e. The zero-order valence-corrected chi connectivity index (χ0v) is 12.8. The number of benzene rings is 2. The quantitative estimate of drug-likeness (QED) is 0.559. The highest BCUT2D eigenvalue weighted by Gasteiger charge is 2.04. The van der Waals surface area contributed by atoms with Gasteiger partial charge in [-0.05, 0) is 24.6 Å². The van der Waals surface area contributed by atoms with Gasteiger partial charge in [-0.1, -0.05) is 42.0 Å². The fraction of sp³-hybridized carbons (Fsp3) is 0.0588. The van der Waals surface area contributed by atoms with E-state index >= 15 is 0 Å². The summed E-state index contributed by atoms with van der Waals surface area (Å²) < 4.78 is 0. The summed E-state index contributed by atoms with van der Waals surface area (Å²) in [6, 6.07) is 15.1. The number of hydrazone groups is 1. The zero-order valence-electron chi connectivity index (χ0n) is 12.0. The highest BCUT2D eigenvalue weighted by atomic mass is 32.1. The molecular weight excluding hydrogens is 294 g/mol. The van der Waals surface area contributed by atoms with Crippen LogP contribution in [-0.4, -0.2) is 16.3 Å². The van der Waals surface area contributed by atoms with E-state index in [9.17, 15) is 5.11 Å². The van der Waals surface area contributed by atoms with Gasteiger partial charge in [-0.25, -0.2) is 4.98 Å². The number of aryl methyl sites for hydroxylation is 1. The normalized spacial score (nSPS) is 11.0. The average Bonchev–Trinajstić information content (AvgIpc) is 2.96. The highest BCUT2D eigenvalue weighted by Crippen LogP contribution is 2.26. The molecule has 0 aliphatic heterocycles. The lowest BCUT2D eigenvalue weighted by molar-refractivity contribution is 0.475. The summed E-state index contributed by atoms with van der Waals surface area (Å²) >= 11 is 1.47. The number of phenols is 1. The van der Waals surface area contributed by atoms with Crippen LogP contribution in [0, 0.1) is 6.92 Å². The Morgan fingerprint density at radius 2 is 2.05 bits per heavy atom. The Labute approximate surface area is 132 Å². The van der Waals surface area contributed by atoms with Gasteiger partial charge in [0.1, 0.15) is 5.75 Å². The second-order valence-corrected chi connectivity index (χ2v) is 5.73. The third-order valence-corrected chi connectivity index (χ3v) is 3.81. The van der Waals surface area contributed by atoms with Gasteiger partial charge in [0.2, 0.25) is 5.13 Å². The molecule has 4 nitrogen and oxygen atoms in total. The molecule has 0 atom stereocenters. The SMILES string of the molecule is Cc1cccc(/C=N/Nc2nc(-c3cccc(O)c3)cs2)c1. The first-order valence-electron chi connectivity index (χ1n) is 6.81. The Balaban J connectivity index is 1.69. The molecule has 0 fully saturated rings. The molecule has 5 heteroatoms. The van der Waals surface area contributed by atoms with E-state index in [0.29, 0.717) is 5.13 Å². The van der Waals surface area contributed by atoms with Crippen LogP contribution in [0.2, 0.25) is 0 Å². The number of phenolic OH excluding ortho intramolecular Hbond substituents is 1. The molecule has 0 bridgehead atoms. The molecule has 0 radical (unpaired) electrons. The molecule has 2 aromatic carbocycles. The van der Waals surface area contributed by atoms with Crippen LogP contribution < -0.4 is 5.43 Å². The van der Waals surface area contributed by atoms with Crippen LogP contribution in [0.4, 0.5) is 5.13 Å². The largest absolute Gasteiger partial charge is 0.508 e. The topological polar surface area (TPSA) is 57.5 Å². The Morgan fingerprint density at radius 3 is 2.86 bits per heavy atom. The molecule has 0 unspecified atom stereocenters. The van der Waals surface area contributed by atoms with Gasteiger partial charge in [0.15, 0.2) is 0 Å². The third kappa shape index (κ3) is 3.51. The van der Waals surface area contributed by atoms with Crippen molar-refractivity contribution >= 4 is 22.7 Å². The maximum atomic E-state index is 9.51. The first kappa shape index (κ1) is 14.3. The van der Waals surface area contributed by atoms with E-state index < -0.39 is 0 Å². The lowest BCUT2D eigenvalue weighted by Gasteiger charge is -1.97. The van der Waals surface area contributed by atoms with Crippen LogP contribution in [-0.2, 0) is 0 Å². The van der Waals surface area contributed by atoms with Crippen LogP contribution in [0.1, 0.15) is 11.1 Å². The molecular formula is C17H15N3OS. The minimum atomic E-state index is 0.234. The van der Waals surface area contributed by atoms with Crippen molar-refractivity contribution in [1.29, 1.82) is 0 Å². The maximum absolute atomic E-state index is 9.51. The molecule has 2 N–H and O–H groups in total. The lowest BCUT2D eigenvalue weighted by Crippen LogP contribution is -1.90. The van der Waals surface area contributed by atoms with E-state index in [1.807, 2.05) is 36.6 Å². The predicted molar refractivity (Wildman–Crippen MR) is 91.6 cm³/mol. The summed E-state index contributed by atoms with van der Waals surface area (Å²) in [5.41, 5.74) is 6.86. The fourth-order valence-electron chi connectivity index (χ4n) is 2.04. The first-order valence-corrected chi connectivity index (χ1v) is 7.69. The Morgan fingerprint density at radius 1 is 1.18 bits per heavy atom. The number of aromatic nitrogens is 1. The van der Waals surface area contributed by atoms with E-state index in [4.69, 9.17) is 0 Å². The van der Waals surface area contributed by atoms with Crippen molar-refractivity contribution in [2.75, 3.05) is 5.43 Å². The average molecular weight is 309 g/mol. The van der Waals surface area contributed by atoms with Gasteiger partial charge < -0.3 is 5.11 Å². The number of thiazole rings is 1. The Hall–Kier alpha value is -2.66. The number of aromatic hydroxyl groups is 1. The van der Waals surface area contributed by atoms with E-state index in [1.165, 1.54) is 16.9 Å². The zero-order chi connectivity index (χ0) is 15.4. The number of nitrogens with zero attached hydrogens (tertiary/aromatic N) is 2. The van der Waals surface area contributed by atoms with Gasteiger partial charge in [-0.2, -0.15) is 5.10 Å². The van der Waals surface area contributed by atoms with E-state index in [2.05, 4.69) is 21.6 Å². The van der Waals surface area contributed by atoms with Crippen LogP contribution in [0.25, 0.3) is 11.3 Å². The summed E-state index contributed by atoms with van der Waals surface area (Å²) in [5, 5.41) is 16.3. The summed E-state index contributed by atoms with van der Waals surface area (Å²) in [6.45, 7) is 2.05. The van der Waals surface area contributed by atoms with Crippen molar-refractivity contribution in [3.8, 4) is 17.0 Å². The van der Waals surface area contributed by atoms with Gasteiger partial charge >= 0.3 is 0 Å². The van der Waals surface area contributed by atoms with Crippen molar-refractivity contribution in [3.63, 3.8) is 0 Å². The molecule has 0 aliphatic carbocycles. The maximum Gasteiger partial charge on any atom is 0.203 e. The molecule has 22 heavy (non-hydrogen) atoms. The molecule has 1 aromatic heterocycles. The van der Waals surface area contributed by atoms with Crippen LogP contribution in [0.5, 0.6) is 5.75 Å².